The van der Waals surface area contributed by atoms with E-state index >= 15 is 0 Å². The van der Waals surface area contributed by atoms with E-state index in [0.717, 1.165) is 15.3 Å². The first-order valence-corrected chi connectivity index (χ1v) is 9.92. The summed E-state index contributed by atoms with van der Waals surface area (Å²) in [6, 6.07) is 5.88. The highest BCUT2D eigenvalue weighted by molar-refractivity contribution is 7.98. The molecule has 138 valence electrons. The van der Waals surface area contributed by atoms with Crippen molar-refractivity contribution in [1.29, 1.82) is 0 Å². The Labute approximate surface area is 162 Å². The highest BCUT2D eigenvalue weighted by atomic mass is 32.2. The van der Waals surface area contributed by atoms with Gasteiger partial charge in [0.15, 0.2) is 5.16 Å². The van der Waals surface area contributed by atoms with Crippen LogP contribution in [0.5, 0.6) is 0 Å². The van der Waals surface area contributed by atoms with Crippen LogP contribution < -0.4 is 5.56 Å². The van der Waals surface area contributed by atoms with E-state index in [1.54, 1.807) is 23.7 Å². The van der Waals surface area contributed by atoms with Gasteiger partial charge in [-0.25, -0.2) is 9.37 Å². The molecule has 0 aliphatic rings. The second-order valence-electron chi connectivity index (χ2n) is 6.03. The third kappa shape index (κ3) is 3.28. The van der Waals surface area contributed by atoms with Crippen molar-refractivity contribution in [2.75, 3.05) is 0 Å². The van der Waals surface area contributed by atoms with E-state index in [1.165, 1.54) is 35.2 Å². The molecule has 9 heteroatoms. The van der Waals surface area contributed by atoms with Crippen LogP contribution in [0.2, 0.25) is 0 Å². The minimum absolute atomic E-state index is 0.0538. The highest BCUT2D eigenvalue weighted by Gasteiger charge is 2.16. The Morgan fingerprint density at radius 1 is 1.22 bits per heavy atom. The van der Waals surface area contributed by atoms with Crippen LogP contribution in [-0.2, 0) is 12.8 Å². The van der Waals surface area contributed by atoms with Gasteiger partial charge in [-0.3, -0.25) is 9.36 Å². The van der Waals surface area contributed by atoms with Crippen molar-refractivity contribution in [3.63, 3.8) is 0 Å². The third-order valence-corrected chi connectivity index (χ3v) is 6.38. The SMILES string of the molecule is Cc1sc2nc(SCc3nc(-c4ccc(F)cc4)no3)n(C)c(=O)c2c1C. The van der Waals surface area contributed by atoms with Crippen molar-refractivity contribution < 1.29 is 8.91 Å². The zero-order chi connectivity index (χ0) is 19.1. The molecule has 0 N–H and O–H groups in total. The van der Waals surface area contributed by atoms with Gasteiger partial charge in [-0.15, -0.1) is 11.3 Å². The van der Waals surface area contributed by atoms with Gasteiger partial charge in [0.05, 0.1) is 11.1 Å². The molecule has 0 aliphatic carbocycles. The standard InChI is InChI=1S/C18H15FN4O2S2/c1-9-10(2)27-16-14(9)17(24)23(3)18(21-16)26-8-13-20-15(22-25-13)11-4-6-12(19)7-5-11/h4-7H,8H2,1-3H3. The molecule has 0 bridgehead atoms. The normalized spacial score (nSPS) is 11.4. The molecule has 4 aromatic rings. The summed E-state index contributed by atoms with van der Waals surface area (Å²) in [6.07, 6.45) is 0. The average Bonchev–Trinajstić information content (AvgIpc) is 3.23. The predicted octanol–water partition coefficient (Wildman–Crippen LogP) is 4.09. The van der Waals surface area contributed by atoms with Crippen LogP contribution in [0.15, 0.2) is 38.7 Å². The van der Waals surface area contributed by atoms with E-state index in [2.05, 4.69) is 15.1 Å². The largest absolute Gasteiger partial charge is 0.338 e. The summed E-state index contributed by atoms with van der Waals surface area (Å²) in [5.41, 5.74) is 1.61. The van der Waals surface area contributed by atoms with Crippen molar-refractivity contribution in [2.45, 2.75) is 24.8 Å². The lowest BCUT2D eigenvalue weighted by Gasteiger charge is -2.05. The Morgan fingerprint density at radius 2 is 1.96 bits per heavy atom. The van der Waals surface area contributed by atoms with Crippen molar-refractivity contribution in [2.24, 2.45) is 7.05 Å². The molecule has 3 aromatic heterocycles. The van der Waals surface area contributed by atoms with Crippen LogP contribution in [0, 0.1) is 19.7 Å². The maximum Gasteiger partial charge on any atom is 0.262 e. The Bertz CT molecular complexity index is 1190. The minimum atomic E-state index is -0.320. The fourth-order valence-corrected chi connectivity index (χ4v) is 4.52. The summed E-state index contributed by atoms with van der Waals surface area (Å²) in [5, 5.41) is 5.20. The number of aromatic nitrogens is 4. The maximum atomic E-state index is 13.0. The molecule has 27 heavy (non-hydrogen) atoms. The topological polar surface area (TPSA) is 73.8 Å². The number of hydrogen-bond acceptors (Lipinski definition) is 7. The van der Waals surface area contributed by atoms with E-state index in [1.807, 2.05) is 13.8 Å². The predicted molar refractivity (Wildman–Crippen MR) is 104 cm³/mol. The molecule has 6 nitrogen and oxygen atoms in total. The highest BCUT2D eigenvalue weighted by Crippen LogP contribution is 2.29. The van der Waals surface area contributed by atoms with Gasteiger partial charge < -0.3 is 4.52 Å². The molecule has 0 spiro atoms. The molecule has 0 amide bonds. The quantitative estimate of drug-likeness (QED) is 0.378. The van der Waals surface area contributed by atoms with E-state index in [4.69, 9.17) is 4.52 Å². The Morgan fingerprint density at radius 3 is 2.70 bits per heavy atom. The zero-order valence-corrected chi connectivity index (χ0v) is 16.4. The van der Waals surface area contributed by atoms with Crippen LogP contribution in [0.3, 0.4) is 0 Å². The zero-order valence-electron chi connectivity index (χ0n) is 14.8. The van der Waals surface area contributed by atoms with Crippen molar-refractivity contribution in [1.82, 2.24) is 19.7 Å². The number of thiophene rings is 1. The van der Waals surface area contributed by atoms with Crippen LogP contribution in [0.1, 0.15) is 16.3 Å². The van der Waals surface area contributed by atoms with Gasteiger partial charge >= 0.3 is 0 Å². The van der Waals surface area contributed by atoms with E-state index in [-0.39, 0.29) is 11.4 Å². The lowest BCUT2D eigenvalue weighted by molar-refractivity contribution is 0.391. The number of benzene rings is 1. The Hall–Kier alpha value is -2.52. The van der Waals surface area contributed by atoms with Gasteiger partial charge in [0.2, 0.25) is 11.7 Å². The summed E-state index contributed by atoms with van der Waals surface area (Å²) in [7, 11) is 1.71. The number of nitrogens with zero attached hydrogens (tertiary/aromatic N) is 4. The third-order valence-electron chi connectivity index (χ3n) is 4.26. The molecule has 0 atom stereocenters. The van der Waals surface area contributed by atoms with Crippen LogP contribution in [-0.4, -0.2) is 19.7 Å². The molecule has 3 heterocycles. The molecule has 0 radical (unpaired) electrons. The van der Waals surface area contributed by atoms with Gasteiger partial charge in [-0.2, -0.15) is 4.98 Å². The lowest BCUT2D eigenvalue weighted by Crippen LogP contribution is -2.19. The van der Waals surface area contributed by atoms with Crippen LogP contribution in [0.25, 0.3) is 21.6 Å². The van der Waals surface area contributed by atoms with E-state index in [0.29, 0.717) is 33.6 Å². The number of aryl methyl sites for hydroxylation is 2. The number of rotatable bonds is 4. The van der Waals surface area contributed by atoms with Gasteiger partial charge in [0.25, 0.3) is 5.56 Å². The van der Waals surface area contributed by atoms with Crippen LogP contribution in [0.4, 0.5) is 4.39 Å². The fourth-order valence-electron chi connectivity index (χ4n) is 2.64. The van der Waals surface area contributed by atoms with E-state index in [9.17, 15) is 9.18 Å². The second-order valence-corrected chi connectivity index (χ2v) is 8.17. The minimum Gasteiger partial charge on any atom is -0.338 e. The molecule has 0 saturated heterocycles. The molecule has 0 fully saturated rings. The van der Waals surface area contributed by atoms with Gasteiger partial charge in [0, 0.05) is 17.5 Å². The summed E-state index contributed by atoms with van der Waals surface area (Å²) < 4.78 is 19.8. The monoisotopic (exact) mass is 402 g/mol. The number of thioether (sulfide) groups is 1. The molecule has 0 aliphatic heterocycles. The molecule has 0 saturated carbocycles. The summed E-state index contributed by atoms with van der Waals surface area (Å²) in [5.74, 6) is 0.864. The Kier molecular flexibility index (Phi) is 4.56. The number of hydrogen-bond donors (Lipinski definition) is 0. The average molecular weight is 402 g/mol. The molecular formula is C18H15FN4O2S2. The van der Waals surface area contributed by atoms with Gasteiger partial charge in [-0.05, 0) is 43.7 Å². The summed E-state index contributed by atoms with van der Waals surface area (Å²) in [4.78, 5) is 23.4. The molecular weight excluding hydrogens is 387 g/mol. The number of fused-ring (bicyclic) bond motifs is 1. The fraction of sp³-hybridized carbons (Fsp3) is 0.222. The first-order chi connectivity index (χ1) is 12.9. The van der Waals surface area contributed by atoms with Crippen molar-refractivity contribution in [3.05, 3.63) is 56.8 Å². The smallest absolute Gasteiger partial charge is 0.262 e. The molecule has 0 unspecified atom stereocenters. The lowest BCUT2D eigenvalue weighted by atomic mass is 10.2. The van der Waals surface area contributed by atoms with Crippen LogP contribution >= 0.6 is 23.1 Å². The first-order valence-electron chi connectivity index (χ1n) is 8.12. The number of halogens is 1. The first kappa shape index (κ1) is 17.9. The van der Waals surface area contributed by atoms with Gasteiger partial charge in [-0.1, -0.05) is 16.9 Å². The Balaban J connectivity index is 1.58. The maximum absolute atomic E-state index is 13.0. The van der Waals surface area contributed by atoms with Crippen molar-refractivity contribution in [3.8, 4) is 11.4 Å². The summed E-state index contributed by atoms with van der Waals surface area (Å²) >= 11 is 2.88. The summed E-state index contributed by atoms with van der Waals surface area (Å²) in [6.45, 7) is 3.93. The second kappa shape index (κ2) is 6.90. The molecule has 1 aromatic carbocycles. The van der Waals surface area contributed by atoms with E-state index < -0.39 is 0 Å². The van der Waals surface area contributed by atoms with Crippen molar-refractivity contribution >= 4 is 33.3 Å². The molecule has 4 rings (SSSR count). The van der Waals surface area contributed by atoms with Gasteiger partial charge in [0.1, 0.15) is 10.6 Å².